The van der Waals surface area contributed by atoms with Crippen molar-refractivity contribution in [1.29, 1.82) is 0 Å². The highest BCUT2D eigenvalue weighted by Crippen LogP contribution is 2.20. The van der Waals surface area contributed by atoms with E-state index in [0.717, 1.165) is 43.6 Å². The van der Waals surface area contributed by atoms with Gasteiger partial charge in [-0.05, 0) is 31.9 Å². The van der Waals surface area contributed by atoms with Crippen molar-refractivity contribution in [3.63, 3.8) is 0 Å². The van der Waals surface area contributed by atoms with E-state index in [2.05, 4.69) is 23.0 Å². The van der Waals surface area contributed by atoms with Crippen LogP contribution in [0.3, 0.4) is 0 Å². The quantitative estimate of drug-likeness (QED) is 0.879. The molecule has 0 radical (unpaired) electrons. The molecule has 2 heterocycles. The van der Waals surface area contributed by atoms with Crippen molar-refractivity contribution in [2.45, 2.75) is 45.2 Å². The lowest BCUT2D eigenvalue weighted by Crippen LogP contribution is -2.44. The van der Waals surface area contributed by atoms with E-state index >= 15 is 0 Å². The molecule has 0 amide bonds. The summed E-state index contributed by atoms with van der Waals surface area (Å²) in [5.74, 6) is -0.701. The Labute approximate surface area is 107 Å². The number of aromatic nitrogens is 2. The number of likely N-dealkylation sites (tertiary alicyclic amines) is 1. The summed E-state index contributed by atoms with van der Waals surface area (Å²) in [5.41, 5.74) is 2.16. The fraction of sp³-hybridized carbons (Fsp3) is 0.692. The summed E-state index contributed by atoms with van der Waals surface area (Å²) in [6.07, 6.45) is 3.77. The van der Waals surface area contributed by atoms with Gasteiger partial charge in [0.15, 0.2) is 0 Å². The number of carboxylic acid groups (broad SMARTS) is 1. The molecule has 1 aromatic heterocycles. The smallest absolute Gasteiger partial charge is 0.320 e. The summed E-state index contributed by atoms with van der Waals surface area (Å²) in [4.78, 5) is 13.3. The molecule has 0 aliphatic carbocycles. The van der Waals surface area contributed by atoms with Gasteiger partial charge in [-0.25, -0.2) is 0 Å². The first-order valence-corrected chi connectivity index (χ1v) is 6.60. The number of aliphatic carboxylic acids is 1. The molecule has 0 bridgehead atoms. The summed E-state index contributed by atoms with van der Waals surface area (Å²) in [5, 5.41) is 13.7. The molecule has 18 heavy (non-hydrogen) atoms. The van der Waals surface area contributed by atoms with Crippen molar-refractivity contribution in [1.82, 2.24) is 14.7 Å². The molecule has 1 aliphatic heterocycles. The van der Waals surface area contributed by atoms with Crippen LogP contribution in [0.25, 0.3) is 0 Å². The van der Waals surface area contributed by atoms with Crippen LogP contribution in [-0.4, -0.2) is 38.3 Å². The number of carbonyl (C=O) groups is 1. The van der Waals surface area contributed by atoms with E-state index in [1.807, 2.05) is 11.7 Å². The Morgan fingerprint density at radius 2 is 2.33 bits per heavy atom. The number of hydrogen-bond acceptors (Lipinski definition) is 3. The van der Waals surface area contributed by atoms with E-state index < -0.39 is 5.97 Å². The third-order valence-electron chi connectivity index (χ3n) is 3.65. The van der Waals surface area contributed by atoms with Crippen molar-refractivity contribution in [3.8, 4) is 0 Å². The number of nitrogens with zero attached hydrogens (tertiary/aromatic N) is 3. The maximum Gasteiger partial charge on any atom is 0.320 e. The summed E-state index contributed by atoms with van der Waals surface area (Å²) in [6, 6.07) is 1.74. The van der Waals surface area contributed by atoms with Crippen molar-refractivity contribution >= 4 is 5.97 Å². The van der Waals surface area contributed by atoms with Crippen molar-refractivity contribution in [2.24, 2.45) is 7.05 Å². The largest absolute Gasteiger partial charge is 0.480 e. The van der Waals surface area contributed by atoms with Crippen molar-refractivity contribution in [3.05, 3.63) is 17.5 Å². The molecule has 0 spiro atoms. The fourth-order valence-electron chi connectivity index (χ4n) is 2.56. The van der Waals surface area contributed by atoms with Gasteiger partial charge in [0, 0.05) is 13.6 Å². The van der Waals surface area contributed by atoms with E-state index in [9.17, 15) is 9.90 Å². The minimum atomic E-state index is -0.701. The predicted molar refractivity (Wildman–Crippen MR) is 68.3 cm³/mol. The molecule has 5 nitrogen and oxygen atoms in total. The zero-order chi connectivity index (χ0) is 13.1. The Morgan fingerprint density at radius 1 is 1.56 bits per heavy atom. The van der Waals surface area contributed by atoms with Crippen LogP contribution >= 0.6 is 0 Å². The van der Waals surface area contributed by atoms with Crippen LogP contribution in [0.4, 0.5) is 0 Å². The van der Waals surface area contributed by atoms with Gasteiger partial charge in [0.25, 0.3) is 0 Å². The van der Waals surface area contributed by atoms with Gasteiger partial charge in [-0.3, -0.25) is 14.4 Å². The minimum Gasteiger partial charge on any atom is -0.480 e. The lowest BCUT2D eigenvalue weighted by molar-refractivity contribution is -0.144. The lowest BCUT2D eigenvalue weighted by atomic mass is 10.0. The Kier molecular flexibility index (Phi) is 4.01. The topological polar surface area (TPSA) is 58.4 Å². The van der Waals surface area contributed by atoms with Crippen LogP contribution in [0.5, 0.6) is 0 Å². The summed E-state index contributed by atoms with van der Waals surface area (Å²) < 4.78 is 1.87. The van der Waals surface area contributed by atoms with E-state index in [1.165, 1.54) is 0 Å². The number of carboxylic acids is 1. The molecule has 1 aliphatic rings. The zero-order valence-electron chi connectivity index (χ0n) is 11.1. The highest BCUT2D eigenvalue weighted by atomic mass is 16.4. The van der Waals surface area contributed by atoms with Crippen molar-refractivity contribution in [2.75, 3.05) is 6.54 Å². The first-order chi connectivity index (χ1) is 8.61. The molecule has 100 valence electrons. The summed E-state index contributed by atoms with van der Waals surface area (Å²) in [6.45, 7) is 3.62. The second kappa shape index (κ2) is 5.52. The van der Waals surface area contributed by atoms with E-state index in [0.29, 0.717) is 6.54 Å². The van der Waals surface area contributed by atoms with Crippen LogP contribution in [0, 0.1) is 0 Å². The molecule has 5 heteroatoms. The van der Waals surface area contributed by atoms with Crippen LogP contribution in [0.1, 0.15) is 37.6 Å². The summed E-state index contributed by atoms with van der Waals surface area (Å²) >= 11 is 0. The van der Waals surface area contributed by atoms with Gasteiger partial charge >= 0.3 is 5.97 Å². The highest BCUT2D eigenvalue weighted by molar-refractivity contribution is 5.73. The van der Waals surface area contributed by atoms with Gasteiger partial charge in [-0.1, -0.05) is 13.3 Å². The van der Waals surface area contributed by atoms with Gasteiger partial charge < -0.3 is 5.11 Å². The molecular formula is C13H21N3O2. The molecule has 0 aromatic carbocycles. The fourth-order valence-corrected chi connectivity index (χ4v) is 2.56. The third kappa shape index (κ3) is 2.72. The van der Waals surface area contributed by atoms with Crippen LogP contribution in [0.15, 0.2) is 6.07 Å². The molecule has 0 saturated carbocycles. The molecule has 2 rings (SSSR count). The minimum absolute atomic E-state index is 0.335. The van der Waals surface area contributed by atoms with Gasteiger partial charge in [-0.15, -0.1) is 0 Å². The number of hydrogen-bond donors (Lipinski definition) is 1. The third-order valence-corrected chi connectivity index (χ3v) is 3.65. The lowest BCUT2D eigenvalue weighted by Gasteiger charge is -2.32. The Balaban J connectivity index is 2.10. The number of rotatable bonds is 4. The molecule has 1 atom stereocenters. The average Bonchev–Trinajstić information content (AvgIpc) is 2.71. The van der Waals surface area contributed by atoms with Crippen LogP contribution in [-0.2, 0) is 24.8 Å². The molecule has 1 unspecified atom stereocenters. The predicted octanol–water partition coefficient (Wildman–Crippen LogP) is 1.42. The first-order valence-electron chi connectivity index (χ1n) is 6.60. The average molecular weight is 251 g/mol. The molecule has 1 fully saturated rings. The van der Waals surface area contributed by atoms with Gasteiger partial charge in [0.2, 0.25) is 0 Å². The second-order valence-electron chi connectivity index (χ2n) is 4.92. The summed E-state index contributed by atoms with van der Waals surface area (Å²) in [7, 11) is 1.92. The van der Waals surface area contributed by atoms with Crippen LogP contribution < -0.4 is 0 Å². The van der Waals surface area contributed by atoms with Gasteiger partial charge in [-0.2, -0.15) is 5.10 Å². The Bertz CT molecular complexity index is 428. The standard InChI is InChI=1S/C13H21N3O2/c1-3-10-8-11(15(2)14-10)9-16-7-5-4-6-12(16)13(17)18/h8,12H,3-7,9H2,1-2H3,(H,17,18). The Morgan fingerprint density at radius 3 is 2.94 bits per heavy atom. The molecule has 1 saturated heterocycles. The van der Waals surface area contributed by atoms with Gasteiger partial charge in [0.1, 0.15) is 6.04 Å². The van der Waals surface area contributed by atoms with E-state index in [4.69, 9.17) is 0 Å². The number of aryl methyl sites for hydroxylation is 2. The molecule has 1 N–H and O–H groups in total. The van der Waals surface area contributed by atoms with Crippen molar-refractivity contribution < 1.29 is 9.90 Å². The maximum atomic E-state index is 11.2. The van der Waals surface area contributed by atoms with Crippen LogP contribution in [0.2, 0.25) is 0 Å². The van der Waals surface area contributed by atoms with E-state index in [1.54, 1.807) is 0 Å². The Hall–Kier alpha value is -1.36. The second-order valence-corrected chi connectivity index (χ2v) is 4.92. The monoisotopic (exact) mass is 251 g/mol. The highest BCUT2D eigenvalue weighted by Gasteiger charge is 2.28. The SMILES string of the molecule is CCc1cc(CN2CCCCC2C(=O)O)n(C)n1. The first kappa shape index (κ1) is 13.1. The normalized spacial score (nSPS) is 21.1. The van der Waals surface area contributed by atoms with Gasteiger partial charge in [0.05, 0.1) is 11.4 Å². The number of piperidine rings is 1. The molecular weight excluding hydrogens is 230 g/mol. The zero-order valence-corrected chi connectivity index (χ0v) is 11.1. The molecule has 1 aromatic rings. The maximum absolute atomic E-state index is 11.2. The van der Waals surface area contributed by atoms with E-state index in [-0.39, 0.29) is 6.04 Å².